The normalized spacial score (nSPS) is 10.2. The Kier molecular flexibility index (Phi) is 6.37. The Morgan fingerprint density at radius 2 is 1.85 bits per heavy atom. The summed E-state index contributed by atoms with van der Waals surface area (Å²) in [4.78, 5) is 34.9. The van der Waals surface area contributed by atoms with Crippen LogP contribution in [-0.4, -0.2) is 36.5 Å². The maximum Gasteiger partial charge on any atom is 0.339 e. The van der Waals surface area contributed by atoms with Gasteiger partial charge in [0.2, 0.25) is 5.91 Å². The van der Waals surface area contributed by atoms with Gasteiger partial charge >= 0.3 is 5.97 Å². The number of amides is 2. The molecule has 2 amide bonds. The van der Waals surface area contributed by atoms with Crippen molar-refractivity contribution in [1.29, 1.82) is 0 Å². The third-order valence-electron chi connectivity index (χ3n) is 3.64. The van der Waals surface area contributed by atoms with Crippen molar-refractivity contribution in [3.05, 3.63) is 53.0 Å². The van der Waals surface area contributed by atoms with Gasteiger partial charge in [0.25, 0.3) is 5.91 Å². The van der Waals surface area contributed by atoms with Crippen molar-refractivity contribution in [2.24, 2.45) is 0 Å². The lowest BCUT2D eigenvalue weighted by atomic mass is 10.2. The molecule has 0 bridgehead atoms. The molecule has 0 unspecified atom stereocenters. The first-order valence-corrected chi connectivity index (χ1v) is 7.98. The SMILES string of the molecule is CCc1oc(C(=O)NCC(=O)NCc2ccc(OC)cc2)cc1C(=O)O. The number of nitrogens with one attached hydrogen (secondary N) is 2. The largest absolute Gasteiger partial charge is 0.497 e. The van der Waals surface area contributed by atoms with E-state index in [0.29, 0.717) is 13.0 Å². The van der Waals surface area contributed by atoms with Gasteiger partial charge in [0.15, 0.2) is 5.76 Å². The van der Waals surface area contributed by atoms with Crippen LogP contribution in [0.5, 0.6) is 5.75 Å². The van der Waals surface area contributed by atoms with E-state index in [4.69, 9.17) is 14.3 Å². The van der Waals surface area contributed by atoms with E-state index in [1.54, 1.807) is 26.2 Å². The summed E-state index contributed by atoms with van der Waals surface area (Å²) in [7, 11) is 1.57. The van der Waals surface area contributed by atoms with Crippen molar-refractivity contribution >= 4 is 17.8 Å². The Morgan fingerprint density at radius 1 is 1.15 bits per heavy atom. The van der Waals surface area contributed by atoms with Crippen molar-refractivity contribution in [2.75, 3.05) is 13.7 Å². The molecule has 0 aliphatic carbocycles. The Labute approximate surface area is 150 Å². The zero-order valence-corrected chi connectivity index (χ0v) is 14.5. The predicted octanol–water partition coefficient (Wildman–Crippen LogP) is 1.59. The molecule has 1 aromatic carbocycles. The first-order chi connectivity index (χ1) is 12.4. The van der Waals surface area contributed by atoms with Crippen LogP contribution in [0.25, 0.3) is 0 Å². The molecule has 0 spiro atoms. The molecule has 8 heteroatoms. The van der Waals surface area contributed by atoms with Gasteiger partial charge < -0.3 is 24.9 Å². The summed E-state index contributed by atoms with van der Waals surface area (Å²) in [5.41, 5.74) is 0.830. The second-order valence-corrected chi connectivity index (χ2v) is 5.41. The highest BCUT2D eigenvalue weighted by molar-refractivity contribution is 5.97. The molecule has 0 aliphatic heterocycles. The van der Waals surface area contributed by atoms with Crippen LogP contribution in [0.15, 0.2) is 34.7 Å². The molecule has 8 nitrogen and oxygen atoms in total. The van der Waals surface area contributed by atoms with Gasteiger partial charge in [-0.3, -0.25) is 9.59 Å². The maximum absolute atomic E-state index is 12.0. The smallest absolute Gasteiger partial charge is 0.339 e. The molecule has 0 fully saturated rings. The fourth-order valence-electron chi connectivity index (χ4n) is 2.24. The lowest BCUT2D eigenvalue weighted by Crippen LogP contribution is -2.36. The Morgan fingerprint density at radius 3 is 2.38 bits per heavy atom. The van der Waals surface area contributed by atoms with Gasteiger partial charge in [-0.15, -0.1) is 0 Å². The molecule has 0 atom stereocenters. The zero-order valence-electron chi connectivity index (χ0n) is 14.5. The van der Waals surface area contributed by atoms with Crippen LogP contribution < -0.4 is 15.4 Å². The molecular weight excluding hydrogens is 340 g/mol. The third-order valence-corrected chi connectivity index (χ3v) is 3.64. The molecule has 1 aromatic heterocycles. The lowest BCUT2D eigenvalue weighted by molar-refractivity contribution is -0.120. The number of methoxy groups -OCH3 is 1. The number of aryl methyl sites for hydroxylation is 1. The monoisotopic (exact) mass is 360 g/mol. The summed E-state index contributed by atoms with van der Waals surface area (Å²) in [6.07, 6.45) is 0.345. The van der Waals surface area contributed by atoms with Crippen molar-refractivity contribution in [3.8, 4) is 5.75 Å². The number of carboxylic acids is 1. The van der Waals surface area contributed by atoms with Gasteiger partial charge in [0.1, 0.15) is 17.1 Å². The van der Waals surface area contributed by atoms with E-state index in [9.17, 15) is 14.4 Å². The van der Waals surface area contributed by atoms with Gasteiger partial charge in [-0.1, -0.05) is 19.1 Å². The molecule has 0 radical (unpaired) electrons. The summed E-state index contributed by atoms with van der Waals surface area (Å²) < 4.78 is 10.3. The predicted molar refractivity (Wildman–Crippen MR) is 92.2 cm³/mol. The fourth-order valence-corrected chi connectivity index (χ4v) is 2.24. The highest BCUT2D eigenvalue weighted by Gasteiger charge is 2.20. The summed E-state index contributed by atoms with van der Waals surface area (Å²) in [6, 6.07) is 8.36. The highest BCUT2D eigenvalue weighted by Crippen LogP contribution is 2.16. The van der Waals surface area contributed by atoms with E-state index >= 15 is 0 Å². The van der Waals surface area contributed by atoms with E-state index in [0.717, 1.165) is 17.4 Å². The number of ether oxygens (including phenoxy) is 1. The van der Waals surface area contributed by atoms with Crippen LogP contribution in [0.1, 0.15) is 39.2 Å². The highest BCUT2D eigenvalue weighted by atomic mass is 16.5. The lowest BCUT2D eigenvalue weighted by Gasteiger charge is -2.07. The van der Waals surface area contributed by atoms with Crippen molar-refractivity contribution in [1.82, 2.24) is 10.6 Å². The second-order valence-electron chi connectivity index (χ2n) is 5.41. The minimum atomic E-state index is -1.16. The minimum absolute atomic E-state index is 0.0541. The fraction of sp³-hybridized carbons (Fsp3) is 0.278. The molecule has 3 N–H and O–H groups in total. The van der Waals surface area contributed by atoms with Crippen LogP contribution in [0, 0.1) is 0 Å². The van der Waals surface area contributed by atoms with Gasteiger partial charge in [-0.2, -0.15) is 0 Å². The molecule has 0 saturated carbocycles. The molecule has 26 heavy (non-hydrogen) atoms. The number of aromatic carboxylic acids is 1. The Balaban J connectivity index is 1.84. The Bertz CT molecular complexity index is 795. The van der Waals surface area contributed by atoms with Crippen molar-refractivity contribution in [3.63, 3.8) is 0 Å². The number of carboxylic acid groups (broad SMARTS) is 1. The molecular formula is C18H20N2O6. The Hall–Kier alpha value is -3.29. The molecule has 0 saturated heterocycles. The summed E-state index contributed by atoms with van der Waals surface area (Å²) in [6.45, 7) is 1.78. The molecule has 1 heterocycles. The number of rotatable bonds is 8. The second kappa shape index (κ2) is 8.70. The van der Waals surface area contributed by atoms with E-state index in [-0.39, 0.29) is 29.5 Å². The number of hydrogen-bond donors (Lipinski definition) is 3. The summed E-state index contributed by atoms with van der Waals surface area (Å²) in [5, 5.41) is 14.1. The van der Waals surface area contributed by atoms with Crippen LogP contribution in [0.3, 0.4) is 0 Å². The van der Waals surface area contributed by atoms with Gasteiger partial charge in [-0.05, 0) is 17.7 Å². The average molecular weight is 360 g/mol. The van der Waals surface area contributed by atoms with E-state index < -0.39 is 11.9 Å². The molecule has 2 aromatic rings. The third kappa shape index (κ3) is 4.85. The summed E-state index contributed by atoms with van der Waals surface area (Å²) >= 11 is 0. The average Bonchev–Trinajstić information content (AvgIpc) is 3.09. The molecule has 138 valence electrons. The van der Waals surface area contributed by atoms with E-state index in [1.165, 1.54) is 0 Å². The topological polar surface area (TPSA) is 118 Å². The van der Waals surface area contributed by atoms with Crippen molar-refractivity contribution in [2.45, 2.75) is 19.9 Å². The van der Waals surface area contributed by atoms with E-state index in [1.807, 2.05) is 12.1 Å². The van der Waals surface area contributed by atoms with Gasteiger partial charge in [0, 0.05) is 19.0 Å². The van der Waals surface area contributed by atoms with Crippen LogP contribution in [-0.2, 0) is 17.8 Å². The quantitative estimate of drug-likeness (QED) is 0.658. The van der Waals surface area contributed by atoms with Gasteiger partial charge in [-0.25, -0.2) is 4.79 Å². The number of carbonyl (C=O) groups is 3. The first kappa shape index (κ1) is 19.0. The van der Waals surface area contributed by atoms with E-state index in [2.05, 4.69) is 10.6 Å². The number of carbonyl (C=O) groups excluding carboxylic acids is 2. The van der Waals surface area contributed by atoms with Crippen LogP contribution in [0.2, 0.25) is 0 Å². The number of furan rings is 1. The van der Waals surface area contributed by atoms with Crippen LogP contribution >= 0.6 is 0 Å². The molecule has 2 rings (SSSR count). The number of benzene rings is 1. The van der Waals surface area contributed by atoms with Crippen LogP contribution in [0.4, 0.5) is 0 Å². The standard InChI is InChI=1S/C18H20N2O6/c1-3-14-13(18(23)24)8-15(26-14)17(22)20-10-16(21)19-9-11-4-6-12(25-2)7-5-11/h4-8H,3,9-10H2,1-2H3,(H,19,21)(H,20,22)(H,23,24). The molecule has 0 aliphatic rings. The number of hydrogen-bond acceptors (Lipinski definition) is 5. The first-order valence-electron chi connectivity index (χ1n) is 7.98. The zero-order chi connectivity index (χ0) is 19.1. The van der Waals surface area contributed by atoms with Gasteiger partial charge in [0.05, 0.1) is 13.7 Å². The maximum atomic E-state index is 12.0. The van der Waals surface area contributed by atoms with Crippen molar-refractivity contribution < 1.29 is 28.6 Å². The minimum Gasteiger partial charge on any atom is -0.497 e. The summed E-state index contributed by atoms with van der Waals surface area (Å²) in [5.74, 6) is -1.39.